The summed E-state index contributed by atoms with van der Waals surface area (Å²) in [6.45, 7) is 0. The summed E-state index contributed by atoms with van der Waals surface area (Å²) in [5, 5.41) is 0. The van der Waals surface area contributed by atoms with Crippen molar-refractivity contribution in [1.29, 1.82) is 0 Å². The van der Waals surface area contributed by atoms with Gasteiger partial charge in [-0.1, -0.05) is 24.3 Å². The Balaban J connectivity index is 1.90. The molecule has 0 atom stereocenters. The quantitative estimate of drug-likeness (QED) is 0.608. The predicted octanol–water partition coefficient (Wildman–Crippen LogP) is 3.86. The second-order valence-corrected chi connectivity index (χ2v) is 6.16. The Labute approximate surface area is 143 Å². The number of carbonyl (C=O) groups is 1. The van der Waals surface area contributed by atoms with Gasteiger partial charge < -0.3 is 9.64 Å². The third-order valence-electron chi connectivity index (χ3n) is 3.44. The summed E-state index contributed by atoms with van der Waals surface area (Å²) in [5.41, 5.74) is 3.05. The minimum absolute atomic E-state index is 0.299. The van der Waals surface area contributed by atoms with Gasteiger partial charge in [0.2, 0.25) is 5.90 Å². The smallest absolute Gasteiger partial charge is 0.363 e. The molecule has 2 aromatic carbocycles. The monoisotopic (exact) mass is 370 g/mol. The van der Waals surface area contributed by atoms with Crippen LogP contribution in [0.2, 0.25) is 0 Å². The minimum Gasteiger partial charge on any atom is -0.402 e. The lowest BCUT2D eigenvalue weighted by Gasteiger charge is -2.11. The van der Waals surface area contributed by atoms with E-state index in [-0.39, 0.29) is 0 Å². The van der Waals surface area contributed by atoms with Crippen LogP contribution in [0.25, 0.3) is 6.08 Å². The molecule has 0 radical (unpaired) electrons. The van der Waals surface area contributed by atoms with Crippen molar-refractivity contribution >= 4 is 39.6 Å². The highest BCUT2D eigenvalue weighted by Gasteiger charge is 2.25. The fourth-order valence-corrected chi connectivity index (χ4v) is 2.64. The van der Waals surface area contributed by atoms with E-state index >= 15 is 0 Å². The van der Waals surface area contributed by atoms with Crippen molar-refractivity contribution in [2.75, 3.05) is 19.0 Å². The van der Waals surface area contributed by atoms with Gasteiger partial charge in [-0.3, -0.25) is 0 Å². The summed E-state index contributed by atoms with van der Waals surface area (Å²) in [5.74, 6) is -0.119. The summed E-state index contributed by atoms with van der Waals surface area (Å²) in [6, 6.07) is 15.4. The summed E-state index contributed by atoms with van der Waals surface area (Å²) < 4.78 is 6.12. The molecule has 0 N–H and O–H groups in total. The normalized spacial score (nSPS) is 15.5. The van der Waals surface area contributed by atoms with Gasteiger partial charge in [0, 0.05) is 24.3 Å². The second kappa shape index (κ2) is 6.38. The van der Waals surface area contributed by atoms with Gasteiger partial charge in [0.25, 0.3) is 0 Å². The molecule has 116 valence electrons. The number of ether oxygens (including phenoxy) is 1. The highest BCUT2D eigenvalue weighted by Crippen LogP contribution is 2.24. The summed E-state index contributed by atoms with van der Waals surface area (Å²) in [6.07, 6.45) is 1.73. The van der Waals surface area contributed by atoms with Gasteiger partial charge in [0.05, 0.1) is 5.56 Å². The van der Waals surface area contributed by atoms with Crippen molar-refractivity contribution < 1.29 is 9.53 Å². The molecule has 0 fully saturated rings. The Bertz CT molecular complexity index is 808. The number of benzene rings is 2. The van der Waals surface area contributed by atoms with Gasteiger partial charge in [-0.15, -0.1) is 0 Å². The van der Waals surface area contributed by atoms with Crippen LogP contribution >= 0.6 is 15.9 Å². The molecule has 0 bridgehead atoms. The number of rotatable bonds is 3. The number of hydrogen-bond acceptors (Lipinski definition) is 4. The molecule has 0 amide bonds. The second-order valence-electron chi connectivity index (χ2n) is 5.30. The zero-order chi connectivity index (χ0) is 16.4. The average Bonchev–Trinajstić information content (AvgIpc) is 2.89. The van der Waals surface area contributed by atoms with Crippen molar-refractivity contribution in [3.8, 4) is 0 Å². The van der Waals surface area contributed by atoms with E-state index in [9.17, 15) is 4.79 Å². The van der Waals surface area contributed by atoms with Crippen LogP contribution in [-0.4, -0.2) is 26.0 Å². The number of hydrogen-bond donors (Lipinski definition) is 0. The number of cyclic esters (lactones) is 1. The van der Waals surface area contributed by atoms with Crippen LogP contribution < -0.4 is 4.90 Å². The van der Waals surface area contributed by atoms with E-state index in [1.165, 1.54) is 0 Å². The summed E-state index contributed by atoms with van der Waals surface area (Å²) in [4.78, 5) is 18.4. The summed E-state index contributed by atoms with van der Waals surface area (Å²) >= 11 is 3.44. The Morgan fingerprint density at radius 1 is 1.09 bits per heavy atom. The zero-order valence-electron chi connectivity index (χ0n) is 12.8. The first-order valence-electron chi connectivity index (χ1n) is 7.09. The molecule has 0 spiro atoms. The lowest BCUT2D eigenvalue weighted by atomic mass is 10.1. The first-order valence-corrected chi connectivity index (χ1v) is 7.89. The number of aliphatic imine (C=N–C) groups is 1. The highest BCUT2D eigenvalue weighted by molar-refractivity contribution is 9.10. The van der Waals surface area contributed by atoms with E-state index < -0.39 is 5.97 Å². The largest absolute Gasteiger partial charge is 0.402 e. The Hall–Kier alpha value is -2.40. The Morgan fingerprint density at radius 2 is 1.78 bits per heavy atom. The maximum atomic E-state index is 12.0. The molecule has 1 aliphatic rings. The maximum Gasteiger partial charge on any atom is 0.363 e. The van der Waals surface area contributed by atoms with Crippen molar-refractivity contribution in [1.82, 2.24) is 0 Å². The predicted molar refractivity (Wildman–Crippen MR) is 95.5 cm³/mol. The molecule has 0 saturated heterocycles. The number of carbonyl (C=O) groups excluding carboxylic acids is 1. The van der Waals surface area contributed by atoms with Crippen molar-refractivity contribution in [3.63, 3.8) is 0 Å². The lowest BCUT2D eigenvalue weighted by molar-refractivity contribution is -0.129. The molecule has 1 heterocycles. The van der Waals surface area contributed by atoms with Crippen molar-refractivity contribution in [3.05, 3.63) is 69.8 Å². The molecule has 0 aliphatic carbocycles. The number of esters is 1. The van der Waals surface area contributed by atoms with E-state index in [1.54, 1.807) is 6.08 Å². The highest BCUT2D eigenvalue weighted by atomic mass is 79.9. The zero-order valence-corrected chi connectivity index (χ0v) is 14.4. The van der Waals surface area contributed by atoms with Crippen molar-refractivity contribution in [2.24, 2.45) is 4.99 Å². The Kier molecular flexibility index (Phi) is 4.30. The molecule has 3 rings (SSSR count). The van der Waals surface area contributed by atoms with E-state index in [2.05, 4.69) is 20.9 Å². The maximum absolute atomic E-state index is 12.0. The molecular formula is C18H15BrN2O2. The first kappa shape index (κ1) is 15.5. The standard InChI is InChI=1S/C18H15BrN2O2/c1-21(2)13-9-7-12(8-10-13)11-16-18(22)23-17(20-16)14-5-3-4-6-15(14)19/h3-11H,1-2H3. The van der Waals surface area contributed by atoms with Gasteiger partial charge >= 0.3 is 5.97 Å². The van der Waals surface area contributed by atoms with Crippen LogP contribution in [0.5, 0.6) is 0 Å². The van der Waals surface area contributed by atoms with Crippen LogP contribution in [0.4, 0.5) is 5.69 Å². The van der Waals surface area contributed by atoms with E-state index in [0.717, 1.165) is 21.3 Å². The topological polar surface area (TPSA) is 41.9 Å². The average molecular weight is 371 g/mol. The molecule has 0 saturated carbocycles. The first-order chi connectivity index (χ1) is 11.0. The Morgan fingerprint density at radius 3 is 2.43 bits per heavy atom. The van der Waals surface area contributed by atoms with Gasteiger partial charge in [0.1, 0.15) is 0 Å². The number of halogens is 1. The third kappa shape index (κ3) is 3.35. The minimum atomic E-state index is -0.438. The van der Waals surface area contributed by atoms with Crippen LogP contribution in [0.3, 0.4) is 0 Å². The van der Waals surface area contributed by atoms with E-state index in [1.807, 2.05) is 67.5 Å². The fourth-order valence-electron chi connectivity index (χ4n) is 2.19. The molecule has 0 unspecified atom stereocenters. The van der Waals surface area contributed by atoms with Crippen molar-refractivity contribution in [2.45, 2.75) is 0 Å². The number of anilines is 1. The summed E-state index contributed by atoms with van der Waals surface area (Å²) in [7, 11) is 3.96. The van der Waals surface area contributed by atoms with E-state index in [4.69, 9.17) is 4.74 Å². The van der Waals surface area contributed by atoms with Crippen LogP contribution in [-0.2, 0) is 9.53 Å². The van der Waals surface area contributed by atoms with Crippen LogP contribution in [0, 0.1) is 0 Å². The SMILES string of the molecule is CN(C)c1ccc(C=C2N=C(c3ccccc3Br)OC2=O)cc1. The molecular weight excluding hydrogens is 356 g/mol. The number of nitrogens with zero attached hydrogens (tertiary/aromatic N) is 2. The molecule has 0 aromatic heterocycles. The lowest BCUT2D eigenvalue weighted by Crippen LogP contribution is -2.08. The molecule has 2 aromatic rings. The van der Waals surface area contributed by atoms with Gasteiger partial charge in [-0.05, 0) is 51.8 Å². The van der Waals surface area contributed by atoms with Gasteiger partial charge in [0.15, 0.2) is 5.70 Å². The van der Waals surface area contributed by atoms with Crippen LogP contribution in [0.15, 0.2) is 63.7 Å². The van der Waals surface area contributed by atoms with Crippen LogP contribution in [0.1, 0.15) is 11.1 Å². The van der Waals surface area contributed by atoms with E-state index in [0.29, 0.717) is 11.6 Å². The molecule has 1 aliphatic heterocycles. The molecule has 5 heteroatoms. The fraction of sp³-hybridized carbons (Fsp3) is 0.111. The third-order valence-corrected chi connectivity index (χ3v) is 4.13. The van der Waals surface area contributed by atoms with Gasteiger partial charge in [-0.2, -0.15) is 0 Å². The molecule has 4 nitrogen and oxygen atoms in total. The van der Waals surface area contributed by atoms with Gasteiger partial charge in [-0.25, -0.2) is 9.79 Å². The molecule has 23 heavy (non-hydrogen) atoms.